The Morgan fingerprint density at radius 2 is 1.88 bits per heavy atom. The molecule has 130 valence electrons. The average Bonchev–Trinajstić information content (AvgIpc) is 2.55. The number of rotatable bonds is 6. The topological polar surface area (TPSA) is 102 Å². The van der Waals surface area contributed by atoms with Crippen LogP contribution in [0.4, 0.5) is 0 Å². The maximum Gasteiger partial charge on any atom is 0.341 e. The molecule has 0 radical (unpaired) electrons. The number of aliphatic imine (C=N–C) groups is 1. The van der Waals surface area contributed by atoms with Crippen molar-refractivity contribution in [2.24, 2.45) is 10.7 Å². The minimum absolute atomic E-state index is 0.120. The molecule has 0 aliphatic carbocycles. The van der Waals surface area contributed by atoms with Crippen LogP contribution in [0.5, 0.6) is 5.75 Å². The maximum atomic E-state index is 12.4. The molecule has 0 saturated heterocycles. The first-order chi connectivity index (χ1) is 11.8. The lowest BCUT2D eigenvalue weighted by molar-refractivity contribution is -0.139. The predicted octanol–water partition coefficient (Wildman–Crippen LogP) is 3.31. The minimum Gasteiger partial charge on any atom is -0.481 e. The summed E-state index contributed by atoms with van der Waals surface area (Å²) in [5, 5.41) is 9.31. The Kier molecular flexibility index (Phi) is 6.55. The van der Waals surface area contributed by atoms with Gasteiger partial charge in [-0.1, -0.05) is 39.7 Å². The molecule has 8 heteroatoms. The van der Waals surface area contributed by atoms with Crippen LogP contribution in [0.15, 0.2) is 51.9 Å². The first kappa shape index (κ1) is 19.0. The number of halogens is 2. The van der Waals surface area contributed by atoms with Crippen molar-refractivity contribution in [1.82, 2.24) is 0 Å². The Hall–Kier alpha value is -2.38. The second kappa shape index (κ2) is 8.64. The number of hydrogen-bond acceptors (Lipinski definition) is 3. The van der Waals surface area contributed by atoms with Crippen molar-refractivity contribution < 1.29 is 19.4 Å². The number of hydrogen-bond donors (Lipinski definition) is 2. The van der Waals surface area contributed by atoms with E-state index < -0.39 is 18.5 Å². The summed E-state index contributed by atoms with van der Waals surface area (Å²) in [5.41, 5.74) is 6.82. The molecule has 3 N–H and O–H groups in total. The van der Waals surface area contributed by atoms with Gasteiger partial charge in [-0.05, 0) is 35.9 Å². The number of ether oxygens (including phenoxy) is 1. The highest BCUT2D eigenvalue weighted by atomic mass is 79.9. The van der Waals surface area contributed by atoms with Crippen LogP contribution in [0.2, 0.25) is 5.02 Å². The van der Waals surface area contributed by atoms with Crippen LogP contribution in [0, 0.1) is 0 Å². The van der Waals surface area contributed by atoms with Crippen LogP contribution in [0.1, 0.15) is 15.9 Å². The van der Waals surface area contributed by atoms with E-state index >= 15 is 0 Å². The molecule has 0 bridgehead atoms. The molecule has 0 heterocycles. The average molecular weight is 426 g/mol. The molecule has 0 fully saturated rings. The summed E-state index contributed by atoms with van der Waals surface area (Å²) in [6.07, 6.45) is 0.280. The molecule has 6 nitrogen and oxygen atoms in total. The lowest BCUT2D eigenvalue weighted by atomic mass is 10.1. The van der Waals surface area contributed by atoms with Gasteiger partial charge in [0.25, 0.3) is 5.91 Å². The van der Waals surface area contributed by atoms with E-state index in [1.807, 2.05) is 0 Å². The number of benzene rings is 2. The van der Waals surface area contributed by atoms with E-state index in [0.717, 1.165) is 5.56 Å². The fourth-order valence-corrected chi connectivity index (χ4v) is 2.46. The van der Waals surface area contributed by atoms with Gasteiger partial charge in [0.1, 0.15) is 11.6 Å². The zero-order valence-electron chi connectivity index (χ0n) is 12.9. The molecule has 0 unspecified atom stereocenters. The SMILES string of the molecule is NC(Cc1ccc(Cl)cc1)=NC(=O)c1cc(Br)ccc1OCC(=O)O. The van der Waals surface area contributed by atoms with Gasteiger partial charge >= 0.3 is 5.97 Å². The maximum absolute atomic E-state index is 12.4. The van der Waals surface area contributed by atoms with Crippen LogP contribution in [0.25, 0.3) is 0 Å². The third-order valence-corrected chi connectivity index (χ3v) is 3.81. The van der Waals surface area contributed by atoms with Gasteiger partial charge in [0.05, 0.1) is 5.56 Å². The highest BCUT2D eigenvalue weighted by Crippen LogP contribution is 2.24. The first-order valence-electron chi connectivity index (χ1n) is 7.11. The number of carboxylic acids is 1. The van der Waals surface area contributed by atoms with E-state index in [1.54, 1.807) is 30.3 Å². The second-order valence-electron chi connectivity index (χ2n) is 5.03. The first-order valence-corrected chi connectivity index (χ1v) is 8.28. The van der Waals surface area contributed by atoms with Crippen molar-refractivity contribution in [3.8, 4) is 5.75 Å². The smallest absolute Gasteiger partial charge is 0.341 e. The largest absolute Gasteiger partial charge is 0.481 e. The second-order valence-corrected chi connectivity index (χ2v) is 6.39. The van der Waals surface area contributed by atoms with E-state index in [-0.39, 0.29) is 23.6 Å². The van der Waals surface area contributed by atoms with Crippen molar-refractivity contribution in [3.05, 3.63) is 63.1 Å². The molecule has 0 spiro atoms. The Labute approximate surface area is 157 Å². The number of amides is 1. The Morgan fingerprint density at radius 1 is 1.20 bits per heavy atom. The van der Waals surface area contributed by atoms with Crippen LogP contribution in [-0.2, 0) is 11.2 Å². The zero-order chi connectivity index (χ0) is 18.4. The summed E-state index contributed by atoms with van der Waals surface area (Å²) >= 11 is 9.08. The lowest BCUT2D eigenvalue weighted by Gasteiger charge is -2.08. The summed E-state index contributed by atoms with van der Waals surface area (Å²) in [4.78, 5) is 26.9. The molecule has 0 saturated carbocycles. The van der Waals surface area contributed by atoms with Crippen molar-refractivity contribution in [1.29, 1.82) is 0 Å². The van der Waals surface area contributed by atoms with Gasteiger partial charge in [-0.2, -0.15) is 4.99 Å². The zero-order valence-corrected chi connectivity index (χ0v) is 15.3. The number of nitrogens with zero attached hydrogens (tertiary/aromatic N) is 1. The quantitative estimate of drug-likeness (QED) is 0.546. The fourth-order valence-electron chi connectivity index (χ4n) is 1.98. The van der Waals surface area contributed by atoms with Crippen LogP contribution in [-0.4, -0.2) is 29.4 Å². The standard InChI is InChI=1S/C17H14BrClN2O4/c18-11-3-6-14(25-9-16(22)23)13(8-11)17(24)21-15(20)7-10-1-4-12(19)5-2-10/h1-6,8H,7,9H2,(H,22,23)(H2,20,21,24). The third-order valence-electron chi connectivity index (χ3n) is 3.07. The highest BCUT2D eigenvalue weighted by Gasteiger charge is 2.14. The summed E-state index contributed by atoms with van der Waals surface area (Å²) < 4.78 is 5.75. The lowest BCUT2D eigenvalue weighted by Crippen LogP contribution is -2.18. The van der Waals surface area contributed by atoms with E-state index in [2.05, 4.69) is 20.9 Å². The number of aliphatic carboxylic acids is 1. The molecule has 2 aromatic rings. The molecule has 25 heavy (non-hydrogen) atoms. The molecule has 0 aliphatic rings. The number of carbonyl (C=O) groups excluding carboxylic acids is 1. The van der Waals surface area contributed by atoms with E-state index in [1.165, 1.54) is 12.1 Å². The molecule has 2 aromatic carbocycles. The Morgan fingerprint density at radius 3 is 2.52 bits per heavy atom. The highest BCUT2D eigenvalue weighted by molar-refractivity contribution is 9.10. The summed E-state index contributed by atoms with van der Waals surface area (Å²) in [7, 11) is 0. The van der Waals surface area contributed by atoms with E-state index in [0.29, 0.717) is 9.50 Å². The van der Waals surface area contributed by atoms with Crippen molar-refractivity contribution in [2.75, 3.05) is 6.61 Å². The van der Waals surface area contributed by atoms with Gasteiger partial charge in [-0.15, -0.1) is 0 Å². The van der Waals surface area contributed by atoms with Gasteiger partial charge in [-0.25, -0.2) is 4.79 Å². The number of nitrogens with two attached hydrogens (primary N) is 1. The van der Waals surface area contributed by atoms with Crippen LogP contribution < -0.4 is 10.5 Å². The van der Waals surface area contributed by atoms with Gasteiger partial charge < -0.3 is 15.6 Å². The Bertz CT molecular complexity index is 822. The summed E-state index contributed by atoms with van der Waals surface area (Å²) in [5.74, 6) is -1.52. The van der Waals surface area contributed by atoms with E-state index in [9.17, 15) is 9.59 Å². The summed E-state index contributed by atoms with van der Waals surface area (Å²) in [6.45, 7) is -0.564. The van der Waals surface area contributed by atoms with Crippen LogP contribution in [0.3, 0.4) is 0 Å². The monoisotopic (exact) mass is 424 g/mol. The van der Waals surface area contributed by atoms with Gasteiger partial charge in [0.15, 0.2) is 6.61 Å². The van der Waals surface area contributed by atoms with Crippen molar-refractivity contribution >= 4 is 45.2 Å². The van der Waals surface area contributed by atoms with E-state index in [4.69, 9.17) is 27.2 Å². The molecule has 2 rings (SSSR count). The van der Waals surface area contributed by atoms with Gasteiger partial charge in [0.2, 0.25) is 0 Å². The normalized spacial score (nSPS) is 11.2. The van der Waals surface area contributed by atoms with Crippen LogP contribution >= 0.6 is 27.5 Å². The number of amidine groups is 1. The predicted molar refractivity (Wildman–Crippen MR) is 98.4 cm³/mol. The molecule has 0 aliphatic heterocycles. The molecule has 0 atom stereocenters. The Balaban J connectivity index is 2.19. The molecule has 0 aromatic heterocycles. The summed E-state index contributed by atoms with van der Waals surface area (Å²) in [6, 6.07) is 11.6. The molecular weight excluding hydrogens is 412 g/mol. The van der Waals surface area contributed by atoms with Gasteiger partial charge in [0, 0.05) is 15.9 Å². The molecular formula is C17H14BrClN2O4. The molecule has 1 amide bonds. The van der Waals surface area contributed by atoms with Crippen molar-refractivity contribution in [2.45, 2.75) is 6.42 Å². The number of carbonyl (C=O) groups is 2. The number of carboxylic acid groups (broad SMARTS) is 1. The minimum atomic E-state index is -1.15. The fraction of sp³-hybridized carbons (Fsp3) is 0.118. The van der Waals surface area contributed by atoms with Gasteiger partial charge in [-0.3, -0.25) is 4.79 Å². The third kappa shape index (κ3) is 5.88. The van der Waals surface area contributed by atoms with Crippen molar-refractivity contribution in [3.63, 3.8) is 0 Å².